The van der Waals surface area contributed by atoms with Crippen LogP contribution in [-0.2, 0) is 9.53 Å². The van der Waals surface area contributed by atoms with Gasteiger partial charge in [-0.15, -0.1) is 0 Å². The number of rotatable bonds is 8. The van der Waals surface area contributed by atoms with Crippen molar-refractivity contribution in [1.82, 2.24) is 0 Å². The Morgan fingerprint density at radius 1 is 0.793 bits per heavy atom. The Bertz CT molecular complexity index is 1070. The van der Waals surface area contributed by atoms with Crippen molar-refractivity contribution in [3.8, 4) is 11.5 Å². The third-order valence-electron chi connectivity index (χ3n) is 4.35. The van der Waals surface area contributed by atoms with E-state index < -0.39 is 5.97 Å². The van der Waals surface area contributed by atoms with E-state index in [1.165, 1.54) is 20.1 Å². The first-order chi connectivity index (χ1) is 14.0. The fourth-order valence-corrected chi connectivity index (χ4v) is 2.78. The lowest BCUT2D eigenvalue weighted by Gasteiger charge is -2.11. The molecule has 0 aliphatic carbocycles. The number of ether oxygens (including phenoxy) is 3. The zero-order valence-electron chi connectivity index (χ0n) is 16.1. The Balaban J connectivity index is 1.55. The third-order valence-corrected chi connectivity index (χ3v) is 4.35. The van der Waals surface area contributed by atoms with Crippen LogP contribution in [0, 0.1) is 0 Å². The van der Waals surface area contributed by atoms with Crippen molar-refractivity contribution in [2.45, 2.75) is 6.92 Å². The molecule has 29 heavy (non-hydrogen) atoms. The van der Waals surface area contributed by atoms with E-state index in [-0.39, 0.29) is 24.8 Å². The number of carbonyl (C=O) groups is 3. The average molecular weight is 392 g/mol. The molecule has 0 amide bonds. The highest BCUT2D eigenvalue weighted by Gasteiger charge is 2.13. The van der Waals surface area contributed by atoms with Gasteiger partial charge in [0.1, 0.15) is 0 Å². The first-order valence-electron chi connectivity index (χ1n) is 8.97. The van der Waals surface area contributed by atoms with Crippen molar-refractivity contribution in [3.63, 3.8) is 0 Å². The lowest BCUT2D eigenvalue weighted by Crippen LogP contribution is -2.19. The monoisotopic (exact) mass is 392 g/mol. The first-order valence-corrected chi connectivity index (χ1v) is 8.97. The molecule has 3 aromatic carbocycles. The van der Waals surface area contributed by atoms with Gasteiger partial charge in [-0.1, -0.05) is 36.4 Å². The van der Waals surface area contributed by atoms with Crippen LogP contribution >= 0.6 is 0 Å². The maximum Gasteiger partial charge on any atom is 0.344 e. The van der Waals surface area contributed by atoms with E-state index >= 15 is 0 Å². The van der Waals surface area contributed by atoms with Gasteiger partial charge in [-0.05, 0) is 42.0 Å². The van der Waals surface area contributed by atoms with Crippen LogP contribution in [0.25, 0.3) is 10.8 Å². The lowest BCUT2D eigenvalue weighted by molar-refractivity contribution is -0.144. The first kappa shape index (κ1) is 20.1. The van der Waals surface area contributed by atoms with Gasteiger partial charge in [-0.25, -0.2) is 4.79 Å². The van der Waals surface area contributed by atoms with E-state index in [4.69, 9.17) is 14.2 Å². The summed E-state index contributed by atoms with van der Waals surface area (Å²) in [6.07, 6.45) is 0. The fraction of sp³-hybridized carbons (Fsp3) is 0.174. The number of Topliss-reactive ketones (excluding diaryl/α,β-unsaturated/α-hetero) is 2. The van der Waals surface area contributed by atoms with Crippen LogP contribution in [0.4, 0.5) is 0 Å². The van der Waals surface area contributed by atoms with Crippen molar-refractivity contribution in [3.05, 3.63) is 71.8 Å². The van der Waals surface area contributed by atoms with Crippen LogP contribution < -0.4 is 9.47 Å². The van der Waals surface area contributed by atoms with Gasteiger partial charge >= 0.3 is 5.97 Å². The third kappa shape index (κ3) is 4.99. The van der Waals surface area contributed by atoms with Gasteiger partial charge in [-0.3, -0.25) is 9.59 Å². The van der Waals surface area contributed by atoms with Gasteiger partial charge in [0.2, 0.25) is 0 Å². The number of benzene rings is 3. The quantitative estimate of drug-likeness (QED) is 0.428. The topological polar surface area (TPSA) is 78.9 Å². The van der Waals surface area contributed by atoms with E-state index in [1.54, 1.807) is 24.3 Å². The Kier molecular flexibility index (Phi) is 6.24. The maximum absolute atomic E-state index is 12.3. The minimum atomic E-state index is -0.683. The normalized spacial score (nSPS) is 10.4. The van der Waals surface area contributed by atoms with Crippen LogP contribution in [-0.4, -0.2) is 37.9 Å². The second-order valence-corrected chi connectivity index (χ2v) is 6.36. The van der Waals surface area contributed by atoms with Gasteiger partial charge in [0.15, 0.2) is 36.3 Å². The molecular weight excluding hydrogens is 372 g/mol. The Morgan fingerprint density at radius 3 is 2.24 bits per heavy atom. The summed E-state index contributed by atoms with van der Waals surface area (Å²) >= 11 is 0. The Morgan fingerprint density at radius 2 is 1.52 bits per heavy atom. The zero-order valence-corrected chi connectivity index (χ0v) is 16.1. The highest BCUT2D eigenvalue weighted by atomic mass is 16.6. The number of ketones is 2. The predicted molar refractivity (Wildman–Crippen MR) is 108 cm³/mol. The molecule has 0 saturated heterocycles. The predicted octanol–water partition coefficient (Wildman–Crippen LogP) is 3.86. The highest BCUT2D eigenvalue weighted by Crippen LogP contribution is 2.28. The molecule has 0 N–H and O–H groups in total. The molecule has 0 fully saturated rings. The highest BCUT2D eigenvalue weighted by molar-refractivity contribution is 6.01. The van der Waals surface area contributed by atoms with E-state index in [2.05, 4.69) is 0 Å². The van der Waals surface area contributed by atoms with E-state index in [1.807, 2.05) is 30.3 Å². The standard InChI is InChI=1S/C23H20O6/c1-15(24)17-9-10-21(22(12-17)27-2)28-14-23(26)29-13-20(25)19-8-7-16-5-3-4-6-18(16)11-19/h3-12H,13-14H2,1-2H3. The molecule has 0 spiro atoms. The fourth-order valence-electron chi connectivity index (χ4n) is 2.78. The molecular formula is C23H20O6. The van der Waals surface area contributed by atoms with Crippen LogP contribution in [0.5, 0.6) is 11.5 Å². The van der Waals surface area contributed by atoms with Gasteiger partial charge in [-0.2, -0.15) is 0 Å². The summed E-state index contributed by atoms with van der Waals surface area (Å²) in [5, 5.41) is 1.97. The summed E-state index contributed by atoms with van der Waals surface area (Å²) in [5.41, 5.74) is 0.941. The van der Waals surface area contributed by atoms with E-state index in [9.17, 15) is 14.4 Å². The number of carbonyl (C=O) groups excluding carboxylic acids is 3. The van der Waals surface area contributed by atoms with E-state index in [0.717, 1.165) is 10.8 Å². The summed E-state index contributed by atoms with van der Waals surface area (Å²) < 4.78 is 15.6. The number of hydrogen-bond donors (Lipinski definition) is 0. The minimum Gasteiger partial charge on any atom is -0.493 e. The second-order valence-electron chi connectivity index (χ2n) is 6.36. The second kappa shape index (κ2) is 9.01. The summed E-state index contributed by atoms with van der Waals surface area (Å²) in [7, 11) is 1.44. The van der Waals surface area contributed by atoms with Crippen molar-refractivity contribution >= 4 is 28.3 Å². The van der Waals surface area contributed by atoms with Crippen molar-refractivity contribution in [1.29, 1.82) is 0 Å². The molecule has 0 atom stereocenters. The SMILES string of the molecule is COc1cc(C(C)=O)ccc1OCC(=O)OCC(=O)c1ccc2ccccc2c1. The lowest BCUT2D eigenvalue weighted by atomic mass is 10.0. The molecule has 6 nitrogen and oxygen atoms in total. The molecule has 0 aliphatic heterocycles. The van der Waals surface area contributed by atoms with Crippen molar-refractivity contribution < 1.29 is 28.6 Å². The summed E-state index contributed by atoms with van der Waals surface area (Å²) in [6, 6.07) is 17.7. The van der Waals surface area contributed by atoms with Crippen LogP contribution in [0.15, 0.2) is 60.7 Å². The average Bonchev–Trinajstić information content (AvgIpc) is 2.75. The summed E-state index contributed by atoms with van der Waals surface area (Å²) in [4.78, 5) is 35.7. The Labute approximate surface area is 168 Å². The van der Waals surface area contributed by atoms with Gasteiger partial charge in [0.25, 0.3) is 0 Å². The Hall–Kier alpha value is -3.67. The van der Waals surface area contributed by atoms with Crippen LogP contribution in [0.3, 0.4) is 0 Å². The molecule has 0 aliphatic rings. The summed E-state index contributed by atoms with van der Waals surface area (Å²) in [5.74, 6) is -0.459. The molecule has 3 rings (SSSR count). The molecule has 148 valence electrons. The molecule has 0 bridgehead atoms. The number of hydrogen-bond acceptors (Lipinski definition) is 6. The molecule has 0 radical (unpaired) electrons. The van der Waals surface area contributed by atoms with Gasteiger partial charge in [0, 0.05) is 11.1 Å². The van der Waals surface area contributed by atoms with Crippen LogP contribution in [0.2, 0.25) is 0 Å². The van der Waals surface area contributed by atoms with Crippen LogP contribution in [0.1, 0.15) is 27.6 Å². The van der Waals surface area contributed by atoms with Gasteiger partial charge < -0.3 is 14.2 Å². The summed E-state index contributed by atoms with van der Waals surface area (Å²) in [6.45, 7) is 0.681. The largest absolute Gasteiger partial charge is 0.493 e. The number of methoxy groups -OCH3 is 1. The smallest absolute Gasteiger partial charge is 0.344 e. The van der Waals surface area contributed by atoms with Crippen molar-refractivity contribution in [2.24, 2.45) is 0 Å². The minimum absolute atomic E-state index is 0.110. The molecule has 3 aromatic rings. The number of fused-ring (bicyclic) bond motifs is 1. The number of esters is 1. The van der Waals surface area contributed by atoms with Crippen molar-refractivity contribution in [2.75, 3.05) is 20.3 Å². The zero-order chi connectivity index (χ0) is 20.8. The molecule has 0 saturated carbocycles. The molecule has 0 heterocycles. The van der Waals surface area contributed by atoms with Gasteiger partial charge in [0.05, 0.1) is 7.11 Å². The molecule has 0 aromatic heterocycles. The molecule has 6 heteroatoms. The van der Waals surface area contributed by atoms with E-state index in [0.29, 0.717) is 22.6 Å². The molecule has 0 unspecified atom stereocenters. The maximum atomic E-state index is 12.3.